The standard InChI is InChI=1S/C20H15ClN4O2/c1-13-10-19(25-20(23-13)15-4-6-16(21)7-5-15)27-12-18(26)24-17-8-2-14(11-22)3-9-17/h2-10H,12H2,1H3,(H,24,26). The van der Waals surface area contributed by atoms with Crippen LogP contribution < -0.4 is 10.1 Å². The van der Waals surface area contributed by atoms with Gasteiger partial charge in [0.25, 0.3) is 5.91 Å². The van der Waals surface area contributed by atoms with Crippen LogP contribution in [0.25, 0.3) is 11.4 Å². The van der Waals surface area contributed by atoms with Crippen molar-refractivity contribution in [2.45, 2.75) is 6.92 Å². The third-order valence-electron chi connectivity index (χ3n) is 3.58. The normalized spacial score (nSPS) is 10.1. The van der Waals surface area contributed by atoms with Crippen molar-refractivity contribution < 1.29 is 9.53 Å². The Hall–Kier alpha value is -3.43. The van der Waals surface area contributed by atoms with Gasteiger partial charge in [-0.2, -0.15) is 10.2 Å². The van der Waals surface area contributed by atoms with E-state index in [0.717, 1.165) is 11.3 Å². The van der Waals surface area contributed by atoms with Gasteiger partial charge in [-0.15, -0.1) is 0 Å². The number of amides is 1. The van der Waals surface area contributed by atoms with Gasteiger partial charge < -0.3 is 10.1 Å². The number of ether oxygens (including phenoxy) is 1. The molecule has 1 N–H and O–H groups in total. The number of halogens is 1. The predicted molar refractivity (Wildman–Crippen MR) is 102 cm³/mol. The summed E-state index contributed by atoms with van der Waals surface area (Å²) in [7, 11) is 0. The zero-order valence-corrected chi connectivity index (χ0v) is 15.2. The Kier molecular flexibility index (Phi) is 5.64. The molecule has 0 atom stereocenters. The lowest BCUT2D eigenvalue weighted by atomic mass is 10.2. The summed E-state index contributed by atoms with van der Waals surface area (Å²) in [5.41, 5.74) is 2.63. The van der Waals surface area contributed by atoms with Crippen LogP contribution in [0, 0.1) is 18.3 Å². The highest BCUT2D eigenvalue weighted by Gasteiger charge is 2.09. The van der Waals surface area contributed by atoms with E-state index < -0.39 is 0 Å². The molecule has 0 aliphatic carbocycles. The number of hydrogen-bond acceptors (Lipinski definition) is 5. The zero-order chi connectivity index (χ0) is 19.2. The van der Waals surface area contributed by atoms with Crippen molar-refractivity contribution in [2.75, 3.05) is 11.9 Å². The highest BCUT2D eigenvalue weighted by Crippen LogP contribution is 2.21. The smallest absolute Gasteiger partial charge is 0.262 e. The molecule has 2 aromatic carbocycles. The van der Waals surface area contributed by atoms with Gasteiger partial charge in [0.15, 0.2) is 12.4 Å². The van der Waals surface area contributed by atoms with E-state index >= 15 is 0 Å². The maximum Gasteiger partial charge on any atom is 0.262 e. The number of nitrogens with zero attached hydrogens (tertiary/aromatic N) is 3. The van der Waals surface area contributed by atoms with Crippen molar-refractivity contribution in [3.63, 3.8) is 0 Å². The summed E-state index contributed by atoms with van der Waals surface area (Å²) in [4.78, 5) is 20.8. The highest BCUT2D eigenvalue weighted by molar-refractivity contribution is 6.30. The SMILES string of the molecule is Cc1cc(OCC(=O)Nc2ccc(C#N)cc2)nc(-c2ccc(Cl)cc2)n1. The molecule has 0 saturated heterocycles. The van der Waals surface area contributed by atoms with Crippen molar-refractivity contribution in [3.05, 3.63) is 70.9 Å². The van der Waals surface area contributed by atoms with Crippen LogP contribution in [0.3, 0.4) is 0 Å². The topological polar surface area (TPSA) is 87.9 Å². The van der Waals surface area contributed by atoms with E-state index in [0.29, 0.717) is 28.0 Å². The summed E-state index contributed by atoms with van der Waals surface area (Å²) in [6, 6.07) is 17.4. The Balaban J connectivity index is 1.65. The molecule has 0 radical (unpaired) electrons. The van der Waals surface area contributed by atoms with Crippen LogP contribution in [0.15, 0.2) is 54.6 Å². The van der Waals surface area contributed by atoms with Gasteiger partial charge >= 0.3 is 0 Å². The van der Waals surface area contributed by atoms with Crippen molar-refractivity contribution in [3.8, 4) is 23.3 Å². The number of nitriles is 1. The van der Waals surface area contributed by atoms with E-state index in [9.17, 15) is 4.79 Å². The molecule has 3 aromatic rings. The molecule has 0 aliphatic heterocycles. The van der Waals surface area contributed by atoms with Crippen molar-refractivity contribution in [2.24, 2.45) is 0 Å². The minimum atomic E-state index is -0.330. The molecular weight excluding hydrogens is 364 g/mol. The van der Waals surface area contributed by atoms with Crippen LogP contribution >= 0.6 is 11.6 Å². The van der Waals surface area contributed by atoms with Gasteiger partial charge in [-0.1, -0.05) is 11.6 Å². The molecule has 6 nitrogen and oxygen atoms in total. The van der Waals surface area contributed by atoms with Crippen molar-refractivity contribution in [1.29, 1.82) is 5.26 Å². The Morgan fingerprint density at radius 1 is 1.15 bits per heavy atom. The Morgan fingerprint density at radius 3 is 2.52 bits per heavy atom. The van der Waals surface area contributed by atoms with Crippen LogP contribution in [0.1, 0.15) is 11.3 Å². The summed E-state index contributed by atoms with van der Waals surface area (Å²) in [5, 5.41) is 12.1. The molecule has 0 bridgehead atoms. The monoisotopic (exact) mass is 378 g/mol. The minimum Gasteiger partial charge on any atom is -0.467 e. The first-order valence-electron chi connectivity index (χ1n) is 8.08. The number of aromatic nitrogens is 2. The summed E-state index contributed by atoms with van der Waals surface area (Å²) in [6.07, 6.45) is 0. The first-order valence-corrected chi connectivity index (χ1v) is 8.46. The van der Waals surface area contributed by atoms with Crippen LogP contribution in [-0.2, 0) is 4.79 Å². The number of carbonyl (C=O) groups is 1. The number of benzene rings is 2. The van der Waals surface area contributed by atoms with Crippen LogP contribution in [-0.4, -0.2) is 22.5 Å². The molecule has 7 heteroatoms. The second-order valence-corrected chi connectivity index (χ2v) is 6.14. The van der Waals surface area contributed by atoms with Crippen molar-refractivity contribution >= 4 is 23.2 Å². The van der Waals surface area contributed by atoms with Crippen LogP contribution in [0.5, 0.6) is 5.88 Å². The first-order chi connectivity index (χ1) is 13.0. The summed E-state index contributed by atoms with van der Waals surface area (Å²) in [6.45, 7) is 1.63. The number of anilines is 1. The molecule has 134 valence electrons. The first kappa shape index (κ1) is 18.4. The Morgan fingerprint density at radius 2 is 1.85 bits per heavy atom. The Labute approximate surface area is 161 Å². The van der Waals surface area contributed by atoms with Crippen LogP contribution in [0.2, 0.25) is 5.02 Å². The fraction of sp³-hybridized carbons (Fsp3) is 0.100. The molecule has 0 aliphatic rings. The highest BCUT2D eigenvalue weighted by atomic mass is 35.5. The predicted octanol–water partition coefficient (Wildman–Crippen LogP) is 3.99. The van der Waals surface area contributed by atoms with E-state index in [-0.39, 0.29) is 12.5 Å². The van der Waals surface area contributed by atoms with E-state index in [4.69, 9.17) is 21.6 Å². The lowest BCUT2D eigenvalue weighted by Gasteiger charge is -2.09. The maximum absolute atomic E-state index is 12.1. The zero-order valence-electron chi connectivity index (χ0n) is 14.4. The van der Waals surface area contributed by atoms with Crippen LogP contribution in [0.4, 0.5) is 5.69 Å². The van der Waals surface area contributed by atoms with Gasteiger partial charge in [-0.05, 0) is 55.5 Å². The molecule has 1 amide bonds. The van der Waals surface area contributed by atoms with Crippen molar-refractivity contribution in [1.82, 2.24) is 9.97 Å². The number of hydrogen-bond donors (Lipinski definition) is 1. The van der Waals surface area contributed by atoms with E-state index in [2.05, 4.69) is 15.3 Å². The van der Waals surface area contributed by atoms with E-state index in [1.54, 1.807) is 42.5 Å². The summed E-state index contributed by atoms with van der Waals surface area (Å²) < 4.78 is 5.51. The molecule has 0 unspecified atom stereocenters. The summed E-state index contributed by atoms with van der Waals surface area (Å²) in [5.74, 6) is 0.473. The van der Waals surface area contributed by atoms with Gasteiger partial charge in [0, 0.05) is 28.0 Å². The van der Waals surface area contributed by atoms with Gasteiger partial charge in [0.1, 0.15) is 0 Å². The fourth-order valence-corrected chi connectivity index (χ4v) is 2.43. The van der Waals surface area contributed by atoms with Gasteiger partial charge in [0.05, 0.1) is 11.6 Å². The second-order valence-electron chi connectivity index (χ2n) is 5.70. The van der Waals surface area contributed by atoms with E-state index in [1.165, 1.54) is 0 Å². The molecule has 27 heavy (non-hydrogen) atoms. The van der Waals surface area contributed by atoms with E-state index in [1.807, 2.05) is 25.1 Å². The van der Waals surface area contributed by atoms with Gasteiger partial charge in [0.2, 0.25) is 5.88 Å². The number of rotatable bonds is 5. The number of aryl methyl sites for hydroxylation is 1. The second kappa shape index (κ2) is 8.30. The fourth-order valence-electron chi connectivity index (χ4n) is 2.31. The molecule has 1 aromatic heterocycles. The Bertz CT molecular complexity index is 996. The molecule has 1 heterocycles. The quantitative estimate of drug-likeness (QED) is 0.725. The molecular formula is C20H15ClN4O2. The van der Waals surface area contributed by atoms with Gasteiger partial charge in [-0.25, -0.2) is 4.98 Å². The minimum absolute atomic E-state index is 0.198. The average molecular weight is 379 g/mol. The lowest BCUT2D eigenvalue weighted by molar-refractivity contribution is -0.118. The third kappa shape index (κ3) is 5.03. The maximum atomic E-state index is 12.1. The molecule has 0 fully saturated rings. The number of carbonyl (C=O) groups excluding carboxylic acids is 1. The molecule has 0 spiro atoms. The summed E-state index contributed by atoms with van der Waals surface area (Å²) >= 11 is 5.90. The average Bonchev–Trinajstić information content (AvgIpc) is 2.67. The molecule has 3 rings (SSSR count). The lowest BCUT2D eigenvalue weighted by Crippen LogP contribution is -2.20. The third-order valence-corrected chi connectivity index (χ3v) is 3.83. The van der Waals surface area contributed by atoms with Gasteiger partial charge in [-0.3, -0.25) is 4.79 Å². The molecule has 0 saturated carbocycles. The largest absolute Gasteiger partial charge is 0.467 e. The number of nitrogens with one attached hydrogen (secondary N) is 1.